The fraction of sp³-hybridized carbons (Fsp3) is 0.364. The molecule has 0 aromatic carbocycles. The summed E-state index contributed by atoms with van der Waals surface area (Å²) in [6, 6.07) is 1.24. The molecule has 18 heavy (non-hydrogen) atoms. The first-order valence-electron chi connectivity index (χ1n) is 5.41. The van der Waals surface area contributed by atoms with Crippen LogP contribution in [0.4, 0.5) is 5.69 Å². The lowest BCUT2D eigenvalue weighted by Gasteiger charge is -2.03. The number of amides is 2. The maximum atomic E-state index is 11.7. The van der Waals surface area contributed by atoms with Crippen molar-refractivity contribution in [3.63, 3.8) is 0 Å². The Kier molecular flexibility index (Phi) is 4.47. The van der Waals surface area contributed by atoms with Gasteiger partial charge in [-0.1, -0.05) is 6.92 Å². The van der Waals surface area contributed by atoms with Crippen LogP contribution in [0, 0.1) is 17.0 Å². The molecule has 0 saturated heterocycles. The highest BCUT2D eigenvalue weighted by Crippen LogP contribution is 2.17. The van der Waals surface area contributed by atoms with Gasteiger partial charge in [0.05, 0.1) is 4.92 Å². The Bertz CT molecular complexity index is 499. The van der Waals surface area contributed by atoms with Gasteiger partial charge in [-0.15, -0.1) is 0 Å². The highest BCUT2D eigenvalue weighted by atomic mass is 16.6. The van der Waals surface area contributed by atoms with Crippen molar-refractivity contribution in [2.24, 2.45) is 0 Å². The molecule has 0 unspecified atom stereocenters. The number of nitrogens with one attached hydrogen (secondary N) is 1. The van der Waals surface area contributed by atoms with E-state index in [4.69, 9.17) is 0 Å². The van der Waals surface area contributed by atoms with E-state index in [1.807, 2.05) is 0 Å². The molecular formula is C11H13N3O4. The molecule has 0 aliphatic rings. The van der Waals surface area contributed by atoms with Crippen molar-refractivity contribution in [3.05, 3.63) is 33.6 Å². The van der Waals surface area contributed by atoms with Crippen LogP contribution in [0.1, 0.15) is 35.8 Å². The van der Waals surface area contributed by atoms with E-state index in [1.165, 1.54) is 12.3 Å². The first-order valence-corrected chi connectivity index (χ1v) is 5.41. The minimum atomic E-state index is -0.847. The Labute approximate surface area is 103 Å². The molecule has 0 aliphatic carbocycles. The number of rotatable bonds is 4. The van der Waals surface area contributed by atoms with Gasteiger partial charge in [0.2, 0.25) is 11.6 Å². The molecule has 0 bridgehead atoms. The zero-order valence-corrected chi connectivity index (χ0v) is 10.1. The number of aromatic nitrogens is 1. The summed E-state index contributed by atoms with van der Waals surface area (Å²) in [5.74, 6) is -1.32. The molecule has 0 radical (unpaired) electrons. The number of aryl methyl sites for hydroxylation is 1. The quantitative estimate of drug-likeness (QED) is 0.642. The zero-order chi connectivity index (χ0) is 13.7. The van der Waals surface area contributed by atoms with Crippen LogP contribution in [0.5, 0.6) is 0 Å². The van der Waals surface area contributed by atoms with Crippen LogP contribution in [0.3, 0.4) is 0 Å². The summed E-state index contributed by atoms with van der Waals surface area (Å²) in [5, 5.41) is 12.9. The molecule has 0 fully saturated rings. The van der Waals surface area contributed by atoms with E-state index >= 15 is 0 Å². The third kappa shape index (κ3) is 3.34. The van der Waals surface area contributed by atoms with Crippen molar-refractivity contribution in [2.75, 3.05) is 0 Å². The lowest BCUT2D eigenvalue weighted by Crippen LogP contribution is -2.31. The molecule has 96 valence electrons. The molecule has 1 aromatic heterocycles. The van der Waals surface area contributed by atoms with Gasteiger partial charge in [-0.2, -0.15) is 0 Å². The van der Waals surface area contributed by atoms with Gasteiger partial charge >= 0.3 is 5.69 Å². The van der Waals surface area contributed by atoms with Crippen LogP contribution in [0.15, 0.2) is 12.3 Å². The molecule has 0 saturated carbocycles. The number of hydrogen-bond donors (Lipinski definition) is 1. The van der Waals surface area contributed by atoms with E-state index in [0.717, 1.165) is 0 Å². The van der Waals surface area contributed by atoms with Gasteiger partial charge in [-0.25, -0.2) is 4.98 Å². The predicted molar refractivity (Wildman–Crippen MR) is 63.0 cm³/mol. The molecule has 2 amide bonds. The van der Waals surface area contributed by atoms with E-state index in [9.17, 15) is 19.7 Å². The second kappa shape index (κ2) is 5.85. The van der Waals surface area contributed by atoms with Crippen molar-refractivity contribution in [3.8, 4) is 0 Å². The second-order valence-electron chi connectivity index (χ2n) is 3.76. The maximum Gasteiger partial charge on any atom is 0.300 e. The fourth-order valence-corrected chi connectivity index (χ4v) is 1.34. The first kappa shape index (κ1) is 13.8. The van der Waals surface area contributed by atoms with Crippen LogP contribution in [0.25, 0.3) is 0 Å². The van der Waals surface area contributed by atoms with Crippen molar-refractivity contribution < 1.29 is 14.5 Å². The van der Waals surface area contributed by atoms with E-state index in [0.29, 0.717) is 12.0 Å². The Morgan fingerprint density at radius 1 is 1.50 bits per heavy atom. The summed E-state index contributed by atoms with van der Waals surface area (Å²) < 4.78 is 0. The van der Waals surface area contributed by atoms with Gasteiger partial charge in [-0.3, -0.25) is 25.0 Å². The molecule has 7 heteroatoms. The van der Waals surface area contributed by atoms with Gasteiger partial charge in [0, 0.05) is 18.7 Å². The molecule has 7 nitrogen and oxygen atoms in total. The van der Waals surface area contributed by atoms with E-state index in [-0.39, 0.29) is 12.1 Å². The topological polar surface area (TPSA) is 102 Å². The van der Waals surface area contributed by atoms with Gasteiger partial charge < -0.3 is 0 Å². The molecular weight excluding hydrogens is 238 g/mol. The standard InChI is InChI=1S/C11H13N3O4/c1-3-4-9(15)13-11(16)10-8(14(17)18)5-7(2)6-12-10/h5-6H,3-4H2,1-2H3,(H,13,15,16). The third-order valence-corrected chi connectivity index (χ3v) is 2.15. The summed E-state index contributed by atoms with van der Waals surface area (Å²) in [6.07, 6.45) is 2.11. The Morgan fingerprint density at radius 2 is 2.17 bits per heavy atom. The second-order valence-corrected chi connectivity index (χ2v) is 3.76. The summed E-state index contributed by atoms with van der Waals surface area (Å²) in [6.45, 7) is 3.42. The molecule has 0 atom stereocenters. The summed E-state index contributed by atoms with van der Waals surface area (Å²) in [4.78, 5) is 36.7. The largest absolute Gasteiger partial charge is 0.300 e. The minimum Gasteiger partial charge on any atom is -0.291 e. The number of hydrogen-bond acceptors (Lipinski definition) is 5. The number of pyridine rings is 1. The lowest BCUT2D eigenvalue weighted by molar-refractivity contribution is -0.385. The van der Waals surface area contributed by atoms with Crippen LogP contribution >= 0.6 is 0 Å². The SMILES string of the molecule is CCCC(=O)NC(=O)c1ncc(C)cc1[N+](=O)[O-]. The van der Waals surface area contributed by atoms with E-state index < -0.39 is 22.4 Å². The van der Waals surface area contributed by atoms with Crippen molar-refractivity contribution in [1.82, 2.24) is 10.3 Å². The number of carbonyl (C=O) groups excluding carboxylic acids is 2. The number of carbonyl (C=O) groups is 2. The van der Waals surface area contributed by atoms with E-state index in [2.05, 4.69) is 10.3 Å². The first-order chi connectivity index (χ1) is 8.45. The number of nitro groups is 1. The normalized spacial score (nSPS) is 9.89. The highest BCUT2D eigenvalue weighted by Gasteiger charge is 2.23. The number of imide groups is 1. The Morgan fingerprint density at radius 3 is 2.72 bits per heavy atom. The van der Waals surface area contributed by atoms with Crippen molar-refractivity contribution in [1.29, 1.82) is 0 Å². The van der Waals surface area contributed by atoms with Crippen LogP contribution in [0.2, 0.25) is 0 Å². The smallest absolute Gasteiger partial charge is 0.291 e. The zero-order valence-electron chi connectivity index (χ0n) is 10.1. The van der Waals surface area contributed by atoms with Crippen LogP contribution in [-0.2, 0) is 4.79 Å². The molecule has 1 heterocycles. The number of nitrogens with zero attached hydrogens (tertiary/aromatic N) is 2. The third-order valence-electron chi connectivity index (χ3n) is 2.15. The molecule has 1 aromatic rings. The van der Waals surface area contributed by atoms with E-state index in [1.54, 1.807) is 13.8 Å². The highest BCUT2D eigenvalue weighted by molar-refractivity contribution is 6.05. The van der Waals surface area contributed by atoms with Crippen molar-refractivity contribution in [2.45, 2.75) is 26.7 Å². The summed E-state index contributed by atoms with van der Waals surface area (Å²) in [5.41, 5.74) is -0.190. The lowest BCUT2D eigenvalue weighted by atomic mass is 10.2. The van der Waals surface area contributed by atoms with Gasteiger partial charge in [0.1, 0.15) is 0 Å². The minimum absolute atomic E-state index is 0.186. The molecule has 1 N–H and O–H groups in total. The van der Waals surface area contributed by atoms with Crippen LogP contribution in [-0.4, -0.2) is 21.7 Å². The molecule has 0 spiro atoms. The summed E-state index contributed by atoms with van der Waals surface area (Å²) in [7, 11) is 0. The fourth-order valence-electron chi connectivity index (χ4n) is 1.34. The predicted octanol–water partition coefficient (Wildman–Crippen LogP) is 1.35. The van der Waals surface area contributed by atoms with Gasteiger partial charge in [0.25, 0.3) is 5.91 Å². The monoisotopic (exact) mass is 251 g/mol. The Hall–Kier alpha value is -2.31. The van der Waals surface area contributed by atoms with Gasteiger partial charge in [-0.05, 0) is 18.9 Å². The average Bonchev–Trinajstić information content (AvgIpc) is 2.28. The average molecular weight is 251 g/mol. The molecule has 1 rings (SSSR count). The Balaban J connectivity index is 2.98. The maximum absolute atomic E-state index is 11.7. The van der Waals surface area contributed by atoms with Crippen molar-refractivity contribution >= 4 is 17.5 Å². The summed E-state index contributed by atoms with van der Waals surface area (Å²) >= 11 is 0. The van der Waals surface area contributed by atoms with Crippen LogP contribution < -0.4 is 5.32 Å². The van der Waals surface area contributed by atoms with Gasteiger partial charge in [0.15, 0.2) is 0 Å². The molecule has 0 aliphatic heterocycles.